The highest BCUT2D eigenvalue weighted by Crippen LogP contribution is 2.35. The lowest BCUT2D eigenvalue weighted by molar-refractivity contribution is 0.269. The van der Waals surface area contributed by atoms with E-state index in [1.807, 2.05) is 58.9 Å². The summed E-state index contributed by atoms with van der Waals surface area (Å²) >= 11 is 1.17. The van der Waals surface area contributed by atoms with E-state index in [0.29, 0.717) is 6.67 Å². The van der Waals surface area contributed by atoms with Gasteiger partial charge in [-0.3, -0.25) is 9.10 Å². The Kier molecular flexibility index (Phi) is 3.29. The van der Waals surface area contributed by atoms with Gasteiger partial charge in [-0.05, 0) is 24.3 Å². The second-order valence-corrected chi connectivity index (χ2v) is 5.09. The molecule has 0 aromatic heterocycles. The summed E-state index contributed by atoms with van der Waals surface area (Å²) in [6.45, 7) is 0.631. The van der Waals surface area contributed by atoms with Crippen molar-refractivity contribution < 1.29 is 4.79 Å². The first kappa shape index (κ1) is 11.9. The summed E-state index contributed by atoms with van der Waals surface area (Å²) in [6, 6.07) is 17.4. The first-order valence-corrected chi connectivity index (χ1v) is 6.75. The third-order valence-electron chi connectivity index (χ3n) is 2.80. The zero-order valence-electron chi connectivity index (χ0n) is 10.2. The lowest BCUT2D eigenvalue weighted by Crippen LogP contribution is -2.19. The van der Waals surface area contributed by atoms with Crippen molar-refractivity contribution in [2.24, 2.45) is 0 Å². The third-order valence-corrected chi connectivity index (χ3v) is 3.61. The zero-order chi connectivity index (χ0) is 13.1. The molecule has 0 bridgehead atoms. The molecule has 4 nitrogen and oxygen atoms in total. The first-order chi connectivity index (χ1) is 9.33. The first-order valence-electron chi connectivity index (χ1n) is 5.97. The van der Waals surface area contributed by atoms with E-state index in [9.17, 15) is 4.79 Å². The number of hydrogen-bond acceptors (Lipinski definition) is 4. The Morgan fingerprint density at radius 1 is 1.11 bits per heavy atom. The highest BCUT2D eigenvalue weighted by Gasteiger charge is 2.21. The van der Waals surface area contributed by atoms with Gasteiger partial charge in [-0.25, -0.2) is 0 Å². The van der Waals surface area contributed by atoms with Gasteiger partial charge in [-0.2, -0.15) is 0 Å². The molecule has 3 rings (SSSR count). The van der Waals surface area contributed by atoms with Gasteiger partial charge in [0, 0.05) is 5.69 Å². The van der Waals surface area contributed by atoms with Crippen molar-refractivity contribution >= 4 is 34.2 Å². The zero-order valence-corrected chi connectivity index (χ0v) is 11.0. The molecular weight excluding hydrogens is 258 g/mol. The van der Waals surface area contributed by atoms with E-state index in [2.05, 4.69) is 10.6 Å². The van der Waals surface area contributed by atoms with E-state index in [4.69, 9.17) is 0 Å². The summed E-state index contributed by atoms with van der Waals surface area (Å²) < 4.78 is 1.94. The molecule has 2 aromatic rings. The highest BCUT2D eigenvalue weighted by molar-refractivity contribution is 8.15. The molecule has 0 saturated heterocycles. The number of benzene rings is 2. The largest absolute Gasteiger partial charge is 0.365 e. The van der Waals surface area contributed by atoms with Crippen LogP contribution in [-0.4, -0.2) is 11.9 Å². The molecule has 1 heterocycles. The molecule has 0 unspecified atom stereocenters. The van der Waals surface area contributed by atoms with Crippen LogP contribution in [0.3, 0.4) is 0 Å². The minimum absolute atomic E-state index is 0.0929. The average molecular weight is 271 g/mol. The summed E-state index contributed by atoms with van der Waals surface area (Å²) in [7, 11) is 0. The highest BCUT2D eigenvalue weighted by atomic mass is 32.2. The predicted octanol–water partition coefficient (Wildman–Crippen LogP) is 3.76. The van der Waals surface area contributed by atoms with Gasteiger partial charge in [-0.1, -0.05) is 30.3 Å². The number of amides is 1. The number of nitrogens with zero attached hydrogens (tertiary/aromatic N) is 1. The average Bonchev–Trinajstić information content (AvgIpc) is 2.83. The molecule has 2 aromatic carbocycles. The molecule has 1 aliphatic heterocycles. The maximum atomic E-state index is 12.0. The van der Waals surface area contributed by atoms with Crippen LogP contribution in [-0.2, 0) is 0 Å². The normalized spacial score (nSPS) is 12.7. The van der Waals surface area contributed by atoms with E-state index < -0.39 is 0 Å². The Morgan fingerprint density at radius 2 is 1.84 bits per heavy atom. The van der Waals surface area contributed by atoms with Crippen LogP contribution in [0.1, 0.15) is 0 Å². The molecule has 5 heteroatoms. The maximum absolute atomic E-state index is 12.0. The number of carbonyl (C=O) groups is 1. The van der Waals surface area contributed by atoms with Crippen LogP contribution in [0.2, 0.25) is 0 Å². The molecule has 1 amide bonds. The number of nitrogens with one attached hydrogen (secondary N) is 2. The summed E-state index contributed by atoms with van der Waals surface area (Å²) in [5.41, 5.74) is 2.90. The van der Waals surface area contributed by atoms with Gasteiger partial charge in [0.15, 0.2) is 0 Å². The Morgan fingerprint density at radius 3 is 2.68 bits per heavy atom. The lowest BCUT2D eigenvalue weighted by Gasteiger charge is -2.15. The van der Waals surface area contributed by atoms with Gasteiger partial charge >= 0.3 is 5.24 Å². The minimum atomic E-state index is -0.0929. The fourth-order valence-electron chi connectivity index (χ4n) is 1.93. The van der Waals surface area contributed by atoms with E-state index in [1.165, 1.54) is 11.9 Å². The molecule has 0 aliphatic carbocycles. The smallest absolute Gasteiger partial charge is 0.304 e. The van der Waals surface area contributed by atoms with E-state index in [0.717, 1.165) is 17.1 Å². The van der Waals surface area contributed by atoms with Crippen molar-refractivity contribution in [3.63, 3.8) is 0 Å². The van der Waals surface area contributed by atoms with Gasteiger partial charge in [0.25, 0.3) is 0 Å². The van der Waals surface area contributed by atoms with Crippen LogP contribution < -0.4 is 14.9 Å². The second kappa shape index (κ2) is 5.24. The quantitative estimate of drug-likeness (QED) is 0.816. The number of hydrogen-bond donors (Lipinski definition) is 2. The summed E-state index contributed by atoms with van der Waals surface area (Å²) in [4.78, 5) is 12.0. The SMILES string of the molecule is O=C(Nc1ccccc1)SN1CNc2ccccc21. The van der Waals surface area contributed by atoms with Gasteiger partial charge in [0.2, 0.25) is 0 Å². The van der Waals surface area contributed by atoms with Crippen molar-refractivity contribution in [2.75, 3.05) is 21.6 Å². The molecule has 0 fully saturated rings. The maximum Gasteiger partial charge on any atom is 0.304 e. The second-order valence-electron chi connectivity index (χ2n) is 4.10. The van der Waals surface area contributed by atoms with Crippen molar-refractivity contribution in [1.29, 1.82) is 0 Å². The predicted molar refractivity (Wildman–Crippen MR) is 80.5 cm³/mol. The Balaban J connectivity index is 1.65. The molecule has 0 radical (unpaired) electrons. The number of rotatable bonds is 2. The number of anilines is 3. The van der Waals surface area contributed by atoms with E-state index in [1.54, 1.807) is 0 Å². The molecule has 19 heavy (non-hydrogen) atoms. The molecule has 96 valence electrons. The standard InChI is InChI=1S/C14H13N3OS/c18-14(16-11-6-2-1-3-7-11)19-17-10-15-12-8-4-5-9-13(12)17/h1-9,15H,10H2,(H,16,18). The third kappa shape index (κ3) is 2.66. The van der Waals surface area contributed by atoms with Gasteiger partial charge in [-0.15, -0.1) is 0 Å². The molecule has 0 saturated carbocycles. The van der Waals surface area contributed by atoms with Crippen molar-refractivity contribution in [3.05, 3.63) is 54.6 Å². The Labute approximate surface area is 115 Å². The van der Waals surface area contributed by atoms with Crippen molar-refractivity contribution in [3.8, 4) is 0 Å². The number of para-hydroxylation sites is 3. The van der Waals surface area contributed by atoms with Crippen LogP contribution in [0, 0.1) is 0 Å². The minimum Gasteiger partial charge on any atom is -0.365 e. The van der Waals surface area contributed by atoms with Crippen molar-refractivity contribution in [2.45, 2.75) is 0 Å². The van der Waals surface area contributed by atoms with Gasteiger partial charge in [0.05, 0.1) is 30.0 Å². The summed E-state index contributed by atoms with van der Waals surface area (Å²) in [5.74, 6) is 0. The van der Waals surface area contributed by atoms with E-state index >= 15 is 0 Å². The fraction of sp³-hybridized carbons (Fsp3) is 0.0714. The molecular formula is C14H13N3OS. The van der Waals surface area contributed by atoms with Crippen LogP contribution in [0.5, 0.6) is 0 Å². The molecule has 2 N–H and O–H groups in total. The van der Waals surface area contributed by atoms with E-state index in [-0.39, 0.29) is 5.24 Å². The van der Waals surface area contributed by atoms with Crippen LogP contribution >= 0.6 is 11.9 Å². The summed E-state index contributed by atoms with van der Waals surface area (Å²) in [5, 5.41) is 6.01. The fourth-order valence-corrected chi connectivity index (χ4v) is 2.68. The number of fused-ring (bicyclic) bond motifs is 1. The Hall–Kier alpha value is -2.14. The van der Waals surface area contributed by atoms with Gasteiger partial charge < -0.3 is 10.6 Å². The lowest BCUT2D eigenvalue weighted by atomic mass is 10.3. The molecule has 0 atom stereocenters. The van der Waals surface area contributed by atoms with Gasteiger partial charge in [0.1, 0.15) is 0 Å². The van der Waals surface area contributed by atoms with Crippen molar-refractivity contribution in [1.82, 2.24) is 0 Å². The number of carbonyl (C=O) groups excluding carboxylic acids is 1. The van der Waals surface area contributed by atoms with Crippen LogP contribution in [0.25, 0.3) is 0 Å². The molecule has 1 aliphatic rings. The molecule has 0 spiro atoms. The van der Waals surface area contributed by atoms with Crippen LogP contribution in [0.15, 0.2) is 54.6 Å². The summed E-state index contributed by atoms with van der Waals surface area (Å²) in [6.07, 6.45) is 0. The topological polar surface area (TPSA) is 44.4 Å². The Bertz CT molecular complexity index is 588. The monoisotopic (exact) mass is 271 g/mol. The van der Waals surface area contributed by atoms with Crippen LogP contribution in [0.4, 0.5) is 21.9 Å².